The molecule has 1 aliphatic heterocycles. The number of carbonyl (C=O) groups is 2. The van der Waals surface area contributed by atoms with Crippen molar-refractivity contribution in [3.05, 3.63) is 47.3 Å². The van der Waals surface area contributed by atoms with Crippen LogP contribution >= 0.6 is 0 Å². The van der Waals surface area contributed by atoms with E-state index in [-0.39, 0.29) is 17.4 Å². The van der Waals surface area contributed by atoms with Crippen molar-refractivity contribution < 1.29 is 9.59 Å². The first-order valence-corrected chi connectivity index (χ1v) is 7.99. The van der Waals surface area contributed by atoms with E-state index in [1.165, 1.54) is 6.07 Å². The Morgan fingerprint density at radius 1 is 1.35 bits per heavy atom. The van der Waals surface area contributed by atoms with Crippen molar-refractivity contribution in [3.8, 4) is 17.5 Å². The summed E-state index contributed by atoms with van der Waals surface area (Å²) in [5.41, 5.74) is 1.77. The average Bonchev–Trinajstić information content (AvgIpc) is 3.29. The molecule has 0 unspecified atom stereocenters. The van der Waals surface area contributed by atoms with Gasteiger partial charge in [-0.3, -0.25) is 24.7 Å². The van der Waals surface area contributed by atoms with Crippen LogP contribution in [-0.2, 0) is 6.54 Å². The number of carbonyl (C=O) groups excluding carboxylic acids is 2. The summed E-state index contributed by atoms with van der Waals surface area (Å²) in [5, 5.41) is 22.4. The minimum Gasteiger partial charge on any atom is -0.292 e. The molecule has 0 saturated heterocycles. The summed E-state index contributed by atoms with van der Waals surface area (Å²) in [4.78, 5) is 28.4. The number of amides is 1. The van der Waals surface area contributed by atoms with Crippen LogP contribution in [0.4, 0.5) is 5.95 Å². The normalized spacial score (nSPS) is 13.1. The van der Waals surface area contributed by atoms with E-state index in [2.05, 4.69) is 31.7 Å². The minimum absolute atomic E-state index is 0.0136. The van der Waals surface area contributed by atoms with Gasteiger partial charge < -0.3 is 0 Å². The number of hydrogen-bond donors (Lipinski definition) is 2. The van der Waals surface area contributed by atoms with E-state index >= 15 is 0 Å². The zero-order valence-corrected chi connectivity index (χ0v) is 13.6. The number of rotatable bonds is 3. The second kappa shape index (κ2) is 6.25. The third-order valence-electron chi connectivity index (χ3n) is 4.05. The number of hydrogen-bond acceptors (Lipinski definition) is 6. The molecule has 128 valence electrons. The first-order chi connectivity index (χ1) is 12.6. The summed E-state index contributed by atoms with van der Waals surface area (Å²) in [7, 11) is 0. The predicted molar refractivity (Wildman–Crippen MR) is 90.3 cm³/mol. The number of aryl methyl sites for hydroxylation is 1. The molecule has 1 aliphatic rings. The van der Waals surface area contributed by atoms with Gasteiger partial charge >= 0.3 is 0 Å². The number of aromatic nitrogens is 5. The smallest absolute Gasteiger partial charge is 0.278 e. The molecule has 0 fully saturated rings. The molecular formula is C17H13N7O2. The first kappa shape index (κ1) is 15.7. The Hall–Kier alpha value is -3.80. The van der Waals surface area contributed by atoms with E-state index in [1.807, 2.05) is 0 Å². The maximum absolute atomic E-state index is 12.3. The van der Waals surface area contributed by atoms with Crippen LogP contribution in [0.3, 0.4) is 0 Å². The average molecular weight is 347 g/mol. The topological polar surface area (TPSA) is 129 Å². The summed E-state index contributed by atoms with van der Waals surface area (Å²) in [6.45, 7) is 0.619. The number of benzene rings is 1. The highest BCUT2D eigenvalue weighted by molar-refractivity contribution is 6.04. The lowest BCUT2D eigenvalue weighted by atomic mass is 10.1. The summed E-state index contributed by atoms with van der Waals surface area (Å²) in [6, 6.07) is 10.4. The van der Waals surface area contributed by atoms with Crippen LogP contribution in [0.1, 0.15) is 39.4 Å². The fraction of sp³-hybridized carbons (Fsp3) is 0.176. The largest absolute Gasteiger partial charge is 0.292 e. The molecule has 0 bridgehead atoms. The number of ketones is 1. The molecule has 0 radical (unpaired) electrons. The summed E-state index contributed by atoms with van der Waals surface area (Å²) in [5.74, 6) is 0.0118. The van der Waals surface area contributed by atoms with Gasteiger partial charge in [-0.2, -0.15) is 15.3 Å². The van der Waals surface area contributed by atoms with Crippen molar-refractivity contribution in [3.63, 3.8) is 0 Å². The van der Waals surface area contributed by atoms with Crippen LogP contribution in [0, 0.1) is 11.3 Å². The molecule has 3 aromatic rings. The Morgan fingerprint density at radius 2 is 2.23 bits per heavy atom. The van der Waals surface area contributed by atoms with E-state index in [4.69, 9.17) is 5.26 Å². The minimum atomic E-state index is -0.490. The van der Waals surface area contributed by atoms with Gasteiger partial charge in [-0.25, -0.2) is 0 Å². The van der Waals surface area contributed by atoms with Crippen molar-refractivity contribution in [1.82, 2.24) is 25.0 Å². The van der Waals surface area contributed by atoms with Gasteiger partial charge in [0.2, 0.25) is 5.95 Å². The number of nitrogens with one attached hydrogen (secondary N) is 2. The molecule has 2 aromatic heterocycles. The first-order valence-electron chi connectivity index (χ1n) is 7.99. The van der Waals surface area contributed by atoms with Crippen LogP contribution < -0.4 is 5.32 Å². The fourth-order valence-corrected chi connectivity index (χ4v) is 2.79. The molecule has 0 atom stereocenters. The van der Waals surface area contributed by atoms with Crippen molar-refractivity contribution in [2.45, 2.75) is 19.4 Å². The Bertz CT molecular complexity index is 1060. The standard InChI is InChI=1S/C17H13N7O2/c18-9-10-3-1-4-11(7-10)15-19-17(22-21-15)20-16(26)12-8-13-14(25)5-2-6-24(13)23-12/h1,3-4,7-8H,2,5-6H2,(H2,19,20,21,22,26). The van der Waals surface area contributed by atoms with Crippen LogP contribution in [-0.4, -0.2) is 36.7 Å². The maximum Gasteiger partial charge on any atom is 0.278 e. The molecule has 0 spiro atoms. The highest BCUT2D eigenvalue weighted by atomic mass is 16.2. The van der Waals surface area contributed by atoms with Gasteiger partial charge in [0.15, 0.2) is 17.3 Å². The number of nitriles is 1. The van der Waals surface area contributed by atoms with Gasteiger partial charge in [0.25, 0.3) is 5.91 Å². The highest BCUT2D eigenvalue weighted by Gasteiger charge is 2.23. The molecule has 9 nitrogen and oxygen atoms in total. The summed E-state index contributed by atoms with van der Waals surface area (Å²) in [6.07, 6.45) is 1.19. The van der Waals surface area contributed by atoms with Gasteiger partial charge in [0.1, 0.15) is 5.69 Å². The zero-order valence-electron chi connectivity index (χ0n) is 13.6. The molecule has 0 aliphatic carbocycles. The predicted octanol–water partition coefficient (Wildman–Crippen LogP) is 1.77. The van der Waals surface area contributed by atoms with Crippen molar-refractivity contribution in [2.24, 2.45) is 0 Å². The molecule has 1 amide bonds. The van der Waals surface area contributed by atoms with Crippen molar-refractivity contribution in [1.29, 1.82) is 5.26 Å². The lowest BCUT2D eigenvalue weighted by Gasteiger charge is -2.10. The number of anilines is 1. The van der Waals surface area contributed by atoms with Crippen LogP contribution in [0.15, 0.2) is 30.3 Å². The Morgan fingerprint density at radius 3 is 3.04 bits per heavy atom. The fourth-order valence-electron chi connectivity index (χ4n) is 2.79. The number of Topliss-reactive ketones (excluding diaryl/α,β-unsaturated/α-hetero) is 1. The second-order valence-electron chi connectivity index (χ2n) is 5.82. The SMILES string of the molecule is N#Cc1cccc(-c2nc(NC(=O)c3cc4n(n3)CCCC4=O)n[nH]2)c1. The van der Waals surface area contributed by atoms with E-state index in [0.717, 1.165) is 6.42 Å². The maximum atomic E-state index is 12.3. The highest BCUT2D eigenvalue weighted by Crippen LogP contribution is 2.18. The van der Waals surface area contributed by atoms with Crippen LogP contribution in [0.25, 0.3) is 11.4 Å². The number of H-pyrrole nitrogens is 1. The Labute approximate surface area is 147 Å². The molecular weight excluding hydrogens is 334 g/mol. The monoisotopic (exact) mass is 347 g/mol. The van der Waals surface area contributed by atoms with Gasteiger partial charge in [-0.05, 0) is 18.6 Å². The van der Waals surface area contributed by atoms with Crippen molar-refractivity contribution in [2.75, 3.05) is 5.32 Å². The Balaban J connectivity index is 1.53. The quantitative estimate of drug-likeness (QED) is 0.743. The molecule has 4 rings (SSSR count). The molecule has 3 heterocycles. The summed E-state index contributed by atoms with van der Waals surface area (Å²) < 4.78 is 1.55. The van der Waals surface area contributed by atoms with E-state index < -0.39 is 5.91 Å². The third kappa shape index (κ3) is 2.84. The Kier molecular flexibility index (Phi) is 3.78. The van der Waals surface area contributed by atoms with E-state index in [9.17, 15) is 9.59 Å². The van der Waals surface area contributed by atoms with Gasteiger partial charge in [-0.1, -0.05) is 12.1 Å². The molecule has 0 saturated carbocycles. The van der Waals surface area contributed by atoms with Gasteiger partial charge in [0.05, 0.1) is 11.6 Å². The number of nitrogens with zero attached hydrogens (tertiary/aromatic N) is 5. The van der Waals surface area contributed by atoms with Crippen LogP contribution in [0.5, 0.6) is 0 Å². The molecule has 26 heavy (non-hydrogen) atoms. The number of fused-ring (bicyclic) bond motifs is 1. The van der Waals surface area contributed by atoms with E-state index in [0.29, 0.717) is 35.6 Å². The van der Waals surface area contributed by atoms with Crippen molar-refractivity contribution >= 4 is 17.6 Å². The number of aromatic amines is 1. The molecule has 1 aromatic carbocycles. The third-order valence-corrected chi connectivity index (χ3v) is 4.05. The van der Waals surface area contributed by atoms with E-state index in [1.54, 1.807) is 28.9 Å². The molecule has 2 N–H and O–H groups in total. The zero-order chi connectivity index (χ0) is 18.1. The van der Waals surface area contributed by atoms with Gasteiger partial charge in [-0.15, -0.1) is 5.10 Å². The summed E-state index contributed by atoms with van der Waals surface area (Å²) >= 11 is 0. The van der Waals surface area contributed by atoms with Crippen LogP contribution in [0.2, 0.25) is 0 Å². The lowest BCUT2D eigenvalue weighted by Crippen LogP contribution is -2.17. The van der Waals surface area contributed by atoms with Gasteiger partial charge in [0, 0.05) is 24.6 Å². The molecule has 9 heteroatoms. The second-order valence-corrected chi connectivity index (χ2v) is 5.82. The lowest BCUT2D eigenvalue weighted by molar-refractivity contribution is 0.0950.